The summed E-state index contributed by atoms with van der Waals surface area (Å²) in [4.78, 5) is 24.7. The molecule has 0 atom stereocenters. The number of rotatable bonds is 4. The molecule has 0 aliphatic heterocycles. The lowest BCUT2D eigenvalue weighted by Gasteiger charge is -2.18. The molecule has 9 rings (SSSR count). The predicted molar refractivity (Wildman–Crippen MR) is 200 cm³/mol. The van der Waals surface area contributed by atoms with Crippen molar-refractivity contribution in [1.29, 1.82) is 0 Å². The Hall–Kier alpha value is -6.27. The molecule has 0 bridgehead atoms. The molecular weight excluding hydrogens is 601 g/mol. The first-order chi connectivity index (χ1) is 23.9. The summed E-state index contributed by atoms with van der Waals surface area (Å²) in [7, 11) is 0. The van der Waals surface area contributed by atoms with E-state index in [9.17, 15) is 0 Å². The first-order valence-electron chi connectivity index (χ1n) is 16.5. The molecule has 3 aromatic carbocycles. The van der Waals surface area contributed by atoms with Gasteiger partial charge in [0.1, 0.15) is 5.82 Å². The number of fused-ring (bicyclic) bond motifs is 6. The summed E-state index contributed by atoms with van der Waals surface area (Å²) >= 11 is 0. The molecule has 6 heteroatoms. The minimum Gasteiger partial charge on any atom is -0.294 e. The van der Waals surface area contributed by atoms with E-state index < -0.39 is 0 Å². The molecule has 0 saturated carbocycles. The normalized spacial score (nSPS) is 12.0. The molecule has 9 aromatic rings. The molecule has 49 heavy (non-hydrogen) atoms. The van der Waals surface area contributed by atoms with Gasteiger partial charge >= 0.3 is 0 Å². The molecule has 6 aromatic heterocycles. The summed E-state index contributed by atoms with van der Waals surface area (Å²) in [5.41, 5.74) is 9.47. The highest BCUT2D eigenvalue weighted by molar-refractivity contribution is 6.11. The largest absolute Gasteiger partial charge is 0.294 e. The molecule has 0 radical (unpaired) electrons. The van der Waals surface area contributed by atoms with E-state index in [1.54, 1.807) is 0 Å². The lowest BCUT2D eigenvalue weighted by atomic mass is 9.88. The summed E-state index contributed by atoms with van der Waals surface area (Å²) in [6.45, 7) is 6.60. The standard InChI is InChI=1S/C43H32N6/c1-43(2,3)29-17-18-36(45-25-29)37-22-28(23-38(47-37)42-33-13-5-4-10-30(33)31-11-6-8-14-35(31)48-42)27-16-19-41(46-24-27)49-39-15-9-7-12-32(39)34-26-44-21-20-40(34)49/h4-26H,1-3H3. The van der Waals surface area contributed by atoms with Gasteiger partial charge in [0.2, 0.25) is 0 Å². The fraction of sp³-hybridized carbons (Fsp3) is 0.0930. The summed E-state index contributed by atoms with van der Waals surface area (Å²) in [5.74, 6) is 0.845. The average molecular weight is 633 g/mol. The summed E-state index contributed by atoms with van der Waals surface area (Å²) in [6.07, 6.45) is 7.67. The SMILES string of the molecule is CC(C)(C)c1ccc(-c2cc(-c3ccc(-n4c5ccccc5c5cnccc54)nc3)cc(-c3nc4ccccc4c4ccccc34)n2)nc1. The number of pyridine rings is 5. The second kappa shape index (κ2) is 11.2. The van der Waals surface area contributed by atoms with Gasteiger partial charge in [-0.1, -0.05) is 87.5 Å². The van der Waals surface area contributed by atoms with Gasteiger partial charge < -0.3 is 0 Å². The number of hydrogen-bond acceptors (Lipinski definition) is 5. The van der Waals surface area contributed by atoms with E-state index in [1.165, 1.54) is 5.56 Å². The monoisotopic (exact) mass is 632 g/mol. The zero-order valence-electron chi connectivity index (χ0n) is 27.5. The van der Waals surface area contributed by atoms with Crippen LogP contribution in [0.4, 0.5) is 0 Å². The van der Waals surface area contributed by atoms with E-state index in [1.807, 2.05) is 36.9 Å². The van der Waals surface area contributed by atoms with Crippen LogP contribution in [0.15, 0.2) is 140 Å². The zero-order valence-corrected chi connectivity index (χ0v) is 27.5. The van der Waals surface area contributed by atoms with Crippen LogP contribution in [0.2, 0.25) is 0 Å². The highest BCUT2D eigenvalue weighted by Crippen LogP contribution is 2.36. The Morgan fingerprint density at radius 1 is 0.510 bits per heavy atom. The van der Waals surface area contributed by atoms with Gasteiger partial charge in [0.15, 0.2) is 0 Å². The lowest BCUT2D eigenvalue weighted by molar-refractivity contribution is 0.587. The van der Waals surface area contributed by atoms with Crippen LogP contribution in [0.5, 0.6) is 0 Å². The Bertz CT molecular complexity index is 2630. The summed E-state index contributed by atoms with van der Waals surface area (Å²) < 4.78 is 2.20. The summed E-state index contributed by atoms with van der Waals surface area (Å²) in [5, 5.41) is 5.59. The van der Waals surface area contributed by atoms with E-state index in [0.29, 0.717) is 0 Å². The van der Waals surface area contributed by atoms with E-state index in [2.05, 4.69) is 133 Å². The molecule has 0 aliphatic rings. The molecular formula is C43H32N6. The third-order valence-corrected chi connectivity index (χ3v) is 9.35. The number of para-hydroxylation sites is 2. The van der Waals surface area contributed by atoms with Crippen molar-refractivity contribution in [3.05, 3.63) is 146 Å². The Morgan fingerprint density at radius 2 is 1.24 bits per heavy atom. The first kappa shape index (κ1) is 28.9. The fourth-order valence-electron chi connectivity index (χ4n) is 6.79. The first-order valence-corrected chi connectivity index (χ1v) is 16.5. The maximum Gasteiger partial charge on any atom is 0.137 e. The maximum atomic E-state index is 5.22. The molecule has 234 valence electrons. The van der Waals surface area contributed by atoms with Crippen molar-refractivity contribution in [3.63, 3.8) is 0 Å². The van der Waals surface area contributed by atoms with Crippen molar-refractivity contribution in [2.24, 2.45) is 0 Å². The maximum absolute atomic E-state index is 5.22. The Labute approximate surface area is 283 Å². The van der Waals surface area contributed by atoms with E-state index in [-0.39, 0.29) is 5.41 Å². The second-order valence-corrected chi connectivity index (χ2v) is 13.5. The smallest absolute Gasteiger partial charge is 0.137 e. The minimum atomic E-state index is 0.000193. The number of benzene rings is 3. The van der Waals surface area contributed by atoms with Crippen LogP contribution in [-0.4, -0.2) is 29.5 Å². The van der Waals surface area contributed by atoms with Crippen molar-refractivity contribution in [1.82, 2.24) is 29.5 Å². The van der Waals surface area contributed by atoms with Crippen LogP contribution in [0.1, 0.15) is 26.3 Å². The van der Waals surface area contributed by atoms with Crippen LogP contribution < -0.4 is 0 Å². The third kappa shape index (κ3) is 4.92. The second-order valence-electron chi connectivity index (χ2n) is 13.5. The Kier molecular flexibility index (Phi) is 6.59. The van der Waals surface area contributed by atoms with Gasteiger partial charge in [-0.25, -0.2) is 15.0 Å². The van der Waals surface area contributed by atoms with Crippen LogP contribution in [0.25, 0.3) is 83.2 Å². The molecule has 0 spiro atoms. The predicted octanol–water partition coefficient (Wildman–Crippen LogP) is 10.4. The quantitative estimate of drug-likeness (QED) is 0.181. The Balaban J connectivity index is 1.23. The molecule has 6 heterocycles. The third-order valence-electron chi connectivity index (χ3n) is 9.35. The van der Waals surface area contributed by atoms with Gasteiger partial charge in [0.05, 0.1) is 39.3 Å². The van der Waals surface area contributed by atoms with Gasteiger partial charge in [0.25, 0.3) is 0 Å². The zero-order chi connectivity index (χ0) is 33.1. The lowest BCUT2D eigenvalue weighted by Crippen LogP contribution is -2.11. The molecule has 6 nitrogen and oxygen atoms in total. The number of hydrogen-bond donors (Lipinski definition) is 0. The van der Waals surface area contributed by atoms with Crippen molar-refractivity contribution in [3.8, 4) is 39.7 Å². The van der Waals surface area contributed by atoms with Crippen molar-refractivity contribution in [2.45, 2.75) is 26.2 Å². The number of aromatic nitrogens is 6. The van der Waals surface area contributed by atoms with Crippen LogP contribution in [0.3, 0.4) is 0 Å². The van der Waals surface area contributed by atoms with Crippen LogP contribution in [-0.2, 0) is 5.41 Å². The molecule has 0 N–H and O–H groups in total. The van der Waals surface area contributed by atoms with Gasteiger partial charge in [-0.05, 0) is 70.5 Å². The van der Waals surface area contributed by atoms with Gasteiger partial charge in [-0.3, -0.25) is 14.5 Å². The minimum absolute atomic E-state index is 0.000193. The van der Waals surface area contributed by atoms with Gasteiger partial charge in [-0.2, -0.15) is 0 Å². The van der Waals surface area contributed by atoms with E-state index in [4.69, 9.17) is 19.9 Å². The van der Waals surface area contributed by atoms with Crippen LogP contribution >= 0.6 is 0 Å². The van der Waals surface area contributed by atoms with E-state index >= 15 is 0 Å². The van der Waals surface area contributed by atoms with Gasteiger partial charge in [0, 0.05) is 51.9 Å². The van der Waals surface area contributed by atoms with Gasteiger partial charge in [-0.15, -0.1) is 0 Å². The number of nitrogens with zero attached hydrogens (tertiary/aromatic N) is 6. The highest BCUT2D eigenvalue weighted by Gasteiger charge is 2.18. The van der Waals surface area contributed by atoms with E-state index in [0.717, 1.165) is 83.2 Å². The average Bonchev–Trinajstić information content (AvgIpc) is 3.48. The fourth-order valence-corrected chi connectivity index (χ4v) is 6.79. The topological polar surface area (TPSA) is 69.4 Å². The molecule has 0 amide bonds. The summed E-state index contributed by atoms with van der Waals surface area (Å²) in [6, 6.07) is 39.8. The van der Waals surface area contributed by atoms with Crippen LogP contribution in [0, 0.1) is 0 Å². The molecule has 0 aliphatic carbocycles. The van der Waals surface area contributed by atoms with Crippen molar-refractivity contribution >= 4 is 43.5 Å². The molecule has 0 fully saturated rings. The highest BCUT2D eigenvalue weighted by atomic mass is 15.1. The molecule has 0 unspecified atom stereocenters. The van der Waals surface area contributed by atoms with Crippen molar-refractivity contribution < 1.29 is 0 Å². The molecule has 0 saturated heterocycles. The van der Waals surface area contributed by atoms with Crippen molar-refractivity contribution in [2.75, 3.05) is 0 Å². The Morgan fingerprint density at radius 3 is 2.02 bits per heavy atom.